The summed E-state index contributed by atoms with van der Waals surface area (Å²) < 4.78 is 0. The molecular formula is C10H8NNaO. The van der Waals surface area contributed by atoms with Crippen LogP contribution in [0.1, 0.15) is 0 Å². The third-order valence-corrected chi connectivity index (χ3v) is 1.79. The standard InChI is InChI=1S/C10H9NO.Na/c12-10-9(6-7-11-10)8-4-2-1-3-5-8;/h1-7,11-12H;/q;+1/p-1. The van der Waals surface area contributed by atoms with Crippen molar-refractivity contribution in [2.24, 2.45) is 0 Å². The number of aromatic nitrogens is 1. The van der Waals surface area contributed by atoms with Gasteiger partial charge in [0.05, 0.1) is 0 Å². The van der Waals surface area contributed by atoms with E-state index in [2.05, 4.69) is 4.98 Å². The summed E-state index contributed by atoms with van der Waals surface area (Å²) in [5, 5.41) is 11.2. The summed E-state index contributed by atoms with van der Waals surface area (Å²) in [7, 11) is 0. The van der Waals surface area contributed by atoms with Gasteiger partial charge in [-0.3, -0.25) is 0 Å². The van der Waals surface area contributed by atoms with Crippen LogP contribution < -0.4 is 34.7 Å². The first kappa shape index (κ1) is 10.4. The van der Waals surface area contributed by atoms with Crippen LogP contribution in [0.15, 0.2) is 42.6 Å². The van der Waals surface area contributed by atoms with Gasteiger partial charge in [-0.2, -0.15) is 0 Å². The van der Waals surface area contributed by atoms with Gasteiger partial charge in [0, 0.05) is 6.20 Å². The van der Waals surface area contributed by atoms with E-state index in [9.17, 15) is 5.11 Å². The molecule has 0 aliphatic rings. The number of nitrogens with one attached hydrogen (secondary N) is 1. The SMILES string of the molecule is [Na+].[O-]c1[nH]ccc1-c1ccccc1. The molecule has 0 saturated heterocycles. The van der Waals surface area contributed by atoms with E-state index < -0.39 is 0 Å². The minimum absolute atomic E-state index is 0. The predicted octanol–water partition coefficient (Wildman–Crippen LogP) is -1.24. The molecule has 0 atom stereocenters. The van der Waals surface area contributed by atoms with Crippen LogP contribution >= 0.6 is 0 Å². The van der Waals surface area contributed by atoms with E-state index in [1.807, 2.05) is 30.3 Å². The second-order valence-electron chi connectivity index (χ2n) is 2.59. The van der Waals surface area contributed by atoms with Gasteiger partial charge in [-0.15, -0.1) is 0 Å². The van der Waals surface area contributed by atoms with Gasteiger partial charge < -0.3 is 10.1 Å². The summed E-state index contributed by atoms with van der Waals surface area (Å²) in [5.41, 5.74) is 1.69. The van der Waals surface area contributed by atoms with Crippen LogP contribution in [0.3, 0.4) is 0 Å². The Bertz CT molecular complexity index is 369. The first-order valence-electron chi connectivity index (χ1n) is 3.78. The van der Waals surface area contributed by atoms with Crippen molar-refractivity contribution in [3.05, 3.63) is 42.6 Å². The molecule has 1 aromatic heterocycles. The molecule has 2 aromatic rings. The molecule has 60 valence electrons. The van der Waals surface area contributed by atoms with Crippen molar-refractivity contribution in [1.82, 2.24) is 4.98 Å². The zero-order valence-corrected chi connectivity index (χ0v) is 9.45. The average Bonchev–Trinajstić information content (AvgIpc) is 2.53. The van der Waals surface area contributed by atoms with Crippen molar-refractivity contribution in [3.8, 4) is 17.0 Å². The zero-order chi connectivity index (χ0) is 8.39. The topological polar surface area (TPSA) is 38.8 Å². The van der Waals surface area contributed by atoms with Crippen LogP contribution in [0.4, 0.5) is 0 Å². The van der Waals surface area contributed by atoms with Gasteiger partial charge in [0.1, 0.15) is 0 Å². The molecule has 0 radical (unpaired) electrons. The quantitative estimate of drug-likeness (QED) is 0.549. The first-order valence-corrected chi connectivity index (χ1v) is 3.78. The summed E-state index contributed by atoms with van der Waals surface area (Å²) >= 11 is 0. The van der Waals surface area contributed by atoms with E-state index in [1.54, 1.807) is 12.3 Å². The Balaban J connectivity index is 0.000000845. The van der Waals surface area contributed by atoms with E-state index in [4.69, 9.17) is 0 Å². The molecule has 13 heavy (non-hydrogen) atoms. The first-order chi connectivity index (χ1) is 5.88. The Labute approximate surface area is 98.9 Å². The summed E-state index contributed by atoms with van der Waals surface area (Å²) in [6.45, 7) is 0. The van der Waals surface area contributed by atoms with E-state index in [0.717, 1.165) is 11.1 Å². The number of rotatable bonds is 1. The molecule has 0 aliphatic heterocycles. The van der Waals surface area contributed by atoms with Crippen molar-refractivity contribution in [3.63, 3.8) is 0 Å². The molecule has 0 spiro atoms. The van der Waals surface area contributed by atoms with Crippen molar-refractivity contribution in [2.45, 2.75) is 0 Å². The molecular weight excluding hydrogens is 173 g/mol. The van der Waals surface area contributed by atoms with Crippen LogP contribution in [0.25, 0.3) is 11.1 Å². The maximum Gasteiger partial charge on any atom is 1.00 e. The molecule has 2 rings (SSSR count). The second kappa shape index (κ2) is 4.51. The summed E-state index contributed by atoms with van der Waals surface area (Å²) in [6.07, 6.45) is 1.66. The summed E-state index contributed by atoms with van der Waals surface area (Å²) in [4.78, 5) is 2.61. The van der Waals surface area contributed by atoms with Gasteiger partial charge in [-0.05, 0) is 23.1 Å². The second-order valence-corrected chi connectivity index (χ2v) is 2.59. The molecule has 1 N–H and O–H groups in total. The fourth-order valence-corrected chi connectivity index (χ4v) is 1.20. The molecule has 3 heteroatoms. The normalized spacial score (nSPS) is 9.23. The number of hydrogen-bond acceptors (Lipinski definition) is 1. The average molecular weight is 181 g/mol. The maximum absolute atomic E-state index is 11.2. The molecule has 2 nitrogen and oxygen atoms in total. The molecule has 0 amide bonds. The Morgan fingerprint density at radius 3 is 2.23 bits per heavy atom. The number of hydrogen-bond donors (Lipinski definition) is 1. The van der Waals surface area contributed by atoms with Crippen molar-refractivity contribution < 1.29 is 34.7 Å². The van der Waals surface area contributed by atoms with Crippen LogP contribution in [0, 0.1) is 0 Å². The Morgan fingerprint density at radius 1 is 1.00 bits per heavy atom. The fraction of sp³-hybridized carbons (Fsp3) is 0. The van der Waals surface area contributed by atoms with E-state index >= 15 is 0 Å². The van der Waals surface area contributed by atoms with Crippen LogP contribution in [0.5, 0.6) is 5.88 Å². The molecule has 0 aliphatic carbocycles. The molecule has 0 bridgehead atoms. The smallest absolute Gasteiger partial charge is 0.860 e. The minimum atomic E-state index is -0.0267. The number of H-pyrrole nitrogens is 1. The van der Waals surface area contributed by atoms with E-state index in [0.29, 0.717) is 0 Å². The number of benzene rings is 1. The molecule has 0 unspecified atom stereocenters. The number of aromatic amines is 1. The summed E-state index contributed by atoms with van der Waals surface area (Å²) in [6, 6.07) is 11.4. The van der Waals surface area contributed by atoms with Crippen LogP contribution in [0.2, 0.25) is 0 Å². The van der Waals surface area contributed by atoms with Gasteiger partial charge in [0.25, 0.3) is 0 Å². The van der Waals surface area contributed by atoms with Crippen LogP contribution in [-0.2, 0) is 0 Å². The van der Waals surface area contributed by atoms with Gasteiger partial charge in [0.2, 0.25) is 0 Å². The van der Waals surface area contributed by atoms with Crippen molar-refractivity contribution in [2.75, 3.05) is 0 Å². The largest absolute Gasteiger partial charge is 1.00 e. The summed E-state index contributed by atoms with van der Waals surface area (Å²) in [5.74, 6) is -0.0267. The Kier molecular flexibility index (Phi) is 3.60. The molecule has 0 saturated carbocycles. The molecule has 1 aromatic carbocycles. The van der Waals surface area contributed by atoms with E-state index in [-0.39, 0.29) is 35.4 Å². The van der Waals surface area contributed by atoms with Crippen LogP contribution in [-0.4, -0.2) is 4.98 Å². The van der Waals surface area contributed by atoms with Gasteiger partial charge in [0.15, 0.2) is 0 Å². The monoisotopic (exact) mass is 181 g/mol. The van der Waals surface area contributed by atoms with E-state index in [1.165, 1.54) is 0 Å². The Morgan fingerprint density at radius 2 is 1.69 bits per heavy atom. The minimum Gasteiger partial charge on any atom is -0.860 e. The predicted molar refractivity (Wildman–Crippen MR) is 45.7 cm³/mol. The maximum atomic E-state index is 11.2. The van der Waals surface area contributed by atoms with Gasteiger partial charge in [-0.25, -0.2) is 0 Å². The molecule has 1 heterocycles. The Hall–Kier alpha value is -0.700. The third-order valence-electron chi connectivity index (χ3n) is 1.79. The van der Waals surface area contributed by atoms with Crippen molar-refractivity contribution in [1.29, 1.82) is 0 Å². The van der Waals surface area contributed by atoms with Gasteiger partial charge >= 0.3 is 29.6 Å². The van der Waals surface area contributed by atoms with Crippen molar-refractivity contribution >= 4 is 0 Å². The fourth-order valence-electron chi connectivity index (χ4n) is 1.20. The third kappa shape index (κ3) is 2.15. The zero-order valence-electron chi connectivity index (χ0n) is 7.45. The van der Waals surface area contributed by atoms with Gasteiger partial charge in [-0.1, -0.05) is 30.3 Å². The molecule has 0 fully saturated rings.